The Morgan fingerprint density at radius 3 is 2.50 bits per heavy atom. The standard InChI is InChI=1S/C23H30N2O4S/c1-6-23(7-2)15-19(18-10-8-9-11-21(18)29-23)24-22(26)17-13-12-16(3)20(14-17)25(4)30(5,27)28/h8-14,19H,6-7,15H2,1-5H3,(H,24,26). The molecule has 1 aliphatic rings. The lowest BCUT2D eigenvalue weighted by molar-refractivity contribution is 0.0227. The van der Waals surface area contributed by atoms with E-state index in [0.717, 1.165) is 36.0 Å². The van der Waals surface area contributed by atoms with Crippen molar-refractivity contribution < 1.29 is 17.9 Å². The molecule has 162 valence electrons. The van der Waals surface area contributed by atoms with Crippen LogP contribution < -0.4 is 14.4 Å². The average molecular weight is 431 g/mol. The molecule has 0 saturated carbocycles. The van der Waals surface area contributed by atoms with Crippen molar-refractivity contribution in [2.75, 3.05) is 17.6 Å². The van der Waals surface area contributed by atoms with Crippen molar-refractivity contribution in [1.29, 1.82) is 0 Å². The number of nitrogens with one attached hydrogen (secondary N) is 1. The van der Waals surface area contributed by atoms with Gasteiger partial charge < -0.3 is 10.1 Å². The number of para-hydroxylation sites is 1. The molecular formula is C23H30N2O4S. The fraction of sp³-hybridized carbons (Fsp3) is 0.435. The van der Waals surface area contributed by atoms with Gasteiger partial charge in [0.1, 0.15) is 11.4 Å². The molecule has 2 aromatic carbocycles. The SMILES string of the molecule is CCC1(CC)CC(NC(=O)c2ccc(C)c(N(C)S(C)(=O)=O)c2)c2ccccc2O1. The van der Waals surface area contributed by atoms with Gasteiger partial charge in [-0.15, -0.1) is 0 Å². The number of benzene rings is 2. The largest absolute Gasteiger partial charge is 0.487 e. The lowest BCUT2D eigenvalue weighted by Crippen LogP contribution is -2.44. The molecule has 0 radical (unpaired) electrons. The number of carbonyl (C=O) groups is 1. The monoisotopic (exact) mass is 430 g/mol. The third-order valence-electron chi connectivity index (χ3n) is 6.10. The van der Waals surface area contributed by atoms with Crippen molar-refractivity contribution in [3.05, 3.63) is 59.2 Å². The number of hydrogen-bond donors (Lipinski definition) is 1. The van der Waals surface area contributed by atoms with Gasteiger partial charge in [0.2, 0.25) is 10.0 Å². The van der Waals surface area contributed by atoms with Crippen molar-refractivity contribution >= 4 is 21.6 Å². The Balaban J connectivity index is 1.92. The van der Waals surface area contributed by atoms with E-state index < -0.39 is 10.0 Å². The van der Waals surface area contributed by atoms with Crippen molar-refractivity contribution in [1.82, 2.24) is 5.32 Å². The number of rotatable bonds is 6. The zero-order valence-corrected chi connectivity index (χ0v) is 19.0. The minimum absolute atomic E-state index is 0.181. The first kappa shape index (κ1) is 22.2. The van der Waals surface area contributed by atoms with Crippen LogP contribution in [0.1, 0.15) is 60.6 Å². The van der Waals surface area contributed by atoms with Crippen molar-refractivity contribution in [2.45, 2.75) is 51.7 Å². The maximum Gasteiger partial charge on any atom is 0.251 e. The average Bonchev–Trinajstić information content (AvgIpc) is 2.72. The van der Waals surface area contributed by atoms with Crippen LogP contribution in [0.5, 0.6) is 5.75 Å². The smallest absolute Gasteiger partial charge is 0.251 e. The summed E-state index contributed by atoms with van der Waals surface area (Å²) in [5.41, 5.74) is 2.35. The van der Waals surface area contributed by atoms with E-state index in [1.165, 1.54) is 11.4 Å². The van der Waals surface area contributed by atoms with Crippen LogP contribution in [0, 0.1) is 6.92 Å². The molecule has 2 aromatic rings. The topological polar surface area (TPSA) is 75.7 Å². The molecule has 3 rings (SSSR count). The van der Waals surface area contributed by atoms with Gasteiger partial charge in [-0.2, -0.15) is 0 Å². The van der Waals surface area contributed by atoms with Crippen LogP contribution in [0.3, 0.4) is 0 Å². The number of fused-ring (bicyclic) bond motifs is 1. The first-order valence-corrected chi connectivity index (χ1v) is 12.1. The van der Waals surface area contributed by atoms with E-state index in [1.54, 1.807) is 18.2 Å². The number of amides is 1. The second kappa shape index (κ2) is 8.30. The van der Waals surface area contributed by atoms with Crippen molar-refractivity contribution in [3.8, 4) is 5.75 Å². The normalized spacial score (nSPS) is 17.6. The first-order valence-electron chi connectivity index (χ1n) is 10.2. The van der Waals surface area contributed by atoms with Crippen LogP contribution >= 0.6 is 0 Å². The molecule has 1 unspecified atom stereocenters. The molecular weight excluding hydrogens is 400 g/mol. The summed E-state index contributed by atoms with van der Waals surface area (Å²) in [5, 5.41) is 3.15. The van der Waals surface area contributed by atoms with Gasteiger partial charge in [0.05, 0.1) is 18.0 Å². The number of nitrogens with zero attached hydrogens (tertiary/aromatic N) is 1. The first-order chi connectivity index (χ1) is 14.1. The molecule has 0 bridgehead atoms. The zero-order valence-electron chi connectivity index (χ0n) is 18.2. The Bertz CT molecular complexity index is 1040. The van der Waals surface area contributed by atoms with Gasteiger partial charge in [-0.3, -0.25) is 9.10 Å². The Morgan fingerprint density at radius 1 is 1.20 bits per heavy atom. The van der Waals surface area contributed by atoms with E-state index in [2.05, 4.69) is 19.2 Å². The van der Waals surface area contributed by atoms with E-state index in [9.17, 15) is 13.2 Å². The third kappa shape index (κ3) is 4.31. The van der Waals surface area contributed by atoms with Crippen LogP contribution in [0.4, 0.5) is 5.69 Å². The van der Waals surface area contributed by atoms with Crippen molar-refractivity contribution in [3.63, 3.8) is 0 Å². The van der Waals surface area contributed by atoms with Crippen LogP contribution in [-0.2, 0) is 10.0 Å². The van der Waals surface area contributed by atoms with Gasteiger partial charge in [-0.1, -0.05) is 38.1 Å². The third-order valence-corrected chi connectivity index (χ3v) is 7.29. The van der Waals surface area contributed by atoms with E-state index in [0.29, 0.717) is 17.7 Å². The predicted molar refractivity (Wildman–Crippen MR) is 120 cm³/mol. The second-order valence-electron chi connectivity index (χ2n) is 7.99. The molecule has 1 heterocycles. The van der Waals surface area contributed by atoms with Gasteiger partial charge in [0, 0.05) is 24.6 Å². The zero-order chi connectivity index (χ0) is 22.1. The Labute approximate surface area is 179 Å². The van der Waals surface area contributed by atoms with E-state index in [1.807, 2.05) is 31.2 Å². The molecule has 7 heteroatoms. The second-order valence-corrected chi connectivity index (χ2v) is 10.0. The quantitative estimate of drug-likeness (QED) is 0.745. The molecule has 1 aliphatic heterocycles. The van der Waals surface area contributed by atoms with E-state index in [4.69, 9.17) is 4.74 Å². The molecule has 0 spiro atoms. The van der Waals surface area contributed by atoms with Gasteiger partial charge in [-0.05, 0) is 43.5 Å². The summed E-state index contributed by atoms with van der Waals surface area (Å²) in [6.45, 7) is 6.03. The summed E-state index contributed by atoms with van der Waals surface area (Å²) in [5.74, 6) is 0.570. The lowest BCUT2D eigenvalue weighted by Gasteiger charge is -2.41. The number of carbonyl (C=O) groups excluding carboxylic acids is 1. The number of sulfonamides is 1. The Kier molecular flexibility index (Phi) is 6.13. The summed E-state index contributed by atoms with van der Waals surface area (Å²) in [4.78, 5) is 13.1. The number of ether oxygens (including phenoxy) is 1. The molecule has 1 amide bonds. The van der Waals surface area contributed by atoms with E-state index in [-0.39, 0.29) is 17.6 Å². The molecule has 1 atom stereocenters. The van der Waals surface area contributed by atoms with E-state index >= 15 is 0 Å². The highest BCUT2D eigenvalue weighted by Gasteiger charge is 2.39. The molecule has 0 saturated heterocycles. The van der Waals surface area contributed by atoms with Gasteiger partial charge in [-0.25, -0.2) is 8.42 Å². The van der Waals surface area contributed by atoms with Gasteiger partial charge in [0.15, 0.2) is 0 Å². The summed E-state index contributed by atoms with van der Waals surface area (Å²) >= 11 is 0. The molecule has 0 aromatic heterocycles. The van der Waals surface area contributed by atoms with Crippen LogP contribution in [0.15, 0.2) is 42.5 Å². The number of hydrogen-bond acceptors (Lipinski definition) is 4. The highest BCUT2D eigenvalue weighted by molar-refractivity contribution is 7.92. The maximum absolute atomic E-state index is 13.1. The van der Waals surface area contributed by atoms with Gasteiger partial charge in [0.25, 0.3) is 5.91 Å². The van der Waals surface area contributed by atoms with Crippen LogP contribution in [0.2, 0.25) is 0 Å². The minimum atomic E-state index is -3.43. The summed E-state index contributed by atoms with van der Waals surface area (Å²) in [6, 6.07) is 12.7. The minimum Gasteiger partial charge on any atom is -0.487 e. The van der Waals surface area contributed by atoms with Crippen molar-refractivity contribution in [2.24, 2.45) is 0 Å². The van der Waals surface area contributed by atoms with Gasteiger partial charge >= 0.3 is 0 Å². The maximum atomic E-state index is 13.1. The van der Waals surface area contributed by atoms with Crippen LogP contribution in [-0.4, -0.2) is 33.2 Å². The Morgan fingerprint density at radius 2 is 1.87 bits per heavy atom. The fourth-order valence-electron chi connectivity index (χ4n) is 3.94. The summed E-state index contributed by atoms with van der Waals surface area (Å²) in [6.07, 6.45) is 3.52. The molecule has 6 nitrogen and oxygen atoms in total. The summed E-state index contributed by atoms with van der Waals surface area (Å²) in [7, 11) is -1.93. The fourth-order valence-corrected chi connectivity index (χ4v) is 4.49. The molecule has 0 fully saturated rings. The number of aryl methyl sites for hydroxylation is 1. The highest BCUT2D eigenvalue weighted by Crippen LogP contribution is 2.42. The van der Waals surface area contributed by atoms with Crippen LogP contribution in [0.25, 0.3) is 0 Å². The highest BCUT2D eigenvalue weighted by atomic mass is 32.2. The Hall–Kier alpha value is -2.54. The molecule has 0 aliphatic carbocycles. The lowest BCUT2D eigenvalue weighted by atomic mass is 9.83. The predicted octanol–water partition coefficient (Wildman–Crippen LogP) is 4.20. The number of anilines is 1. The molecule has 30 heavy (non-hydrogen) atoms. The molecule has 1 N–H and O–H groups in total. The summed E-state index contributed by atoms with van der Waals surface area (Å²) < 4.78 is 31.4.